The summed E-state index contributed by atoms with van der Waals surface area (Å²) in [6.45, 7) is 0.656. The zero-order valence-corrected chi connectivity index (χ0v) is 12.3. The van der Waals surface area contributed by atoms with E-state index < -0.39 is 10.0 Å². The number of hydrogen-bond acceptors (Lipinski definition) is 5. The van der Waals surface area contributed by atoms with Gasteiger partial charge in [0.1, 0.15) is 10.5 Å². The van der Waals surface area contributed by atoms with Crippen molar-refractivity contribution < 1.29 is 8.42 Å². The van der Waals surface area contributed by atoms with Crippen molar-refractivity contribution in [2.24, 2.45) is 0 Å². The molecule has 0 unspecified atom stereocenters. The second kappa shape index (κ2) is 4.37. The Morgan fingerprint density at radius 3 is 2.83 bits per heavy atom. The first-order chi connectivity index (χ1) is 8.57. The molecule has 3 rings (SSSR count). The van der Waals surface area contributed by atoms with Gasteiger partial charge in [-0.05, 0) is 28.1 Å². The molecule has 0 atom stereocenters. The van der Waals surface area contributed by atoms with Gasteiger partial charge in [0, 0.05) is 18.3 Å². The van der Waals surface area contributed by atoms with Gasteiger partial charge in [0.05, 0.1) is 16.0 Å². The van der Waals surface area contributed by atoms with Gasteiger partial charge in [-0.1, -0.05) is 0 Å². The van der Waals surface area contributed by atoms with E-state index in [0.717, 1.165) is 15.0 Å². The molecule has 8 heteroatoms. The van der Waals surface area contributed by atoms with Gasteiger partial charge >= 0.3 is 0 Å². The molecule has 2 aromatic heterocycles. The molecule has 0 saturated heterocycles. The van der Waals surface area contributed by atoms with Crippen LogP contribution in [0.1, 0.15) is 11.3 Å². The minimum absolute atomic E-state index is 0.315. The van der Waals surface area contributed by atoms with Crippen molar-refractivity contribution in [1.29, 1.82) is 0 Å². The third kappa shape index (κ3) is 1.99. The Labute approximate surface area is 117 Å². The van der Waals surface area contributed by atoms with Crippen molar-refractivity contribution in [2.45, 2.75) is 17.3 Å². The molecule has 0 fully saturated rings. The summed E-state index contributed by atoms with van der Waals surface area (Å²) < 4.78 is 27.3. The lowest BCUT2D eigenvalue weighted by atomic mass is 10.3. The van der Waals surface area contributed by atoms with E-state index in [2.05, 4.69) is 25.9 Å². The van der Waals surface area contributed by atoms with E-state index in [0.29, 0.717) is 17.3 Å². The van der Waals surface area contributed by atoms with E-state index in [4.69, 9.17) is 0 Å². The van der Waals surface area contributed by atoms with Crippen LogP contribution in [0.4, 0.5) is 0 Å². The summed E-state index contributed by atoms with van der Waals surface area (Å²) in [5, 5.41) is 0. The largest absolute Gasteiger partial charge is 0.253 e. The first kappa shape index (κ1) is 12.2. The number of thiophene rings is 1. The predicted octanol–water partition coefficient (Wildman–Crippen LogP) is 2.01. The maximum Gasteiger partial charge on any atom is 0.253 e. The van der Waals surface area contributed by atoms with Gasteiger partial charge < -0.3 is 0 Å². The Kier molecular flexibility index (Phi) is 2.97. The summed E-state index contributed by atoms with van der Waals surface area (Å²) in [6, 6.07) is 3.35. The van der Waals surface area contributed by atoms with Gasteiger partial charge in [0.15, 0.2) is 0 Å². The molecule has 0 radical (unpaired) electrons. The maximum absolute atomic E-state index is 12.4. The molecule has 2 aromatic rings. The second-order valence-electron chi connectivity index (χ2n) is 3.83. The number of rotatable bonds is 2. The predicted molar refractivity (Wildman–Crippen MR) is 70.5 cm³/mol. The highest BCUT2D eigenvalue weighted by atomic mass is 79.9. The molecule has 94 valence electrons. The molecule has 0 saturated carbocycles. The van der Waals surface area contributed by atoms with Crippen molar-refractivity contribution in [3.63, 3.8) is 0 Å². The lowest BCUT2D eigenvalue weighted by molar-refractivity contribution is 0.431. The molecule has 1 aliphatic heterocycles. The molecule has 0 amide bonds. The van der Waals surface area contributed by atoms with Gasteiger partial charge in [0.2, 0.25) is 0 Å². The zero-order chi connectivity index (χ0) is 12.8. The molecule has 1 aliphatic rings. The number of hydrogen-bond donors (Lipinski definition) is 0. The molecule has 5 nitrogen and oxygen atoms in total. The standard InChI is InChI=1S/C10H8BrN3O2S2/c11-9-1-2-10(17-9)18(15,16)14-4-7-3-12-6-13-8(7)5-14/h1-3,6H,4-5H2. The van der Waals surface area contributed by atoms with Crippen molar-refractivity contribution in [2.75, 3.05) is 0 Å². The minimum atomic E-state index is -3.43. The van der Waals surface area contributed by atoms with E-state index in [-0.39, 0.29) is 0 Å². The topological polar surface area (TPSA) is 63.2 Å². The SMILES string of the molecule is O=S(=O)(c1ccc(Br)s1)N1Cc2cncnc2C1. The quantitative estimate of drug-likeness (QED) is 0.835. The summed E-state index contributed by atoms with van der Waals surface area (Å²) in [6.07, 6.45) is 3.11. The molecule has 18 heavy (non-hydrogen) atoms. The number of fused-ring (bicyclic) bond motifs is 1. The van der Waals surface area contributed by atoms with Crippen LogP contribution in [0.5, 0.6) is 0 Å². The number of halogens is 1. The van der Waals surface area contributed by atoms with Crippen LogP contribution >= 0.6 is 27.3 Å². The average Bonchev–Trinajstić information content (AvgIpc) is 2.94. The number of aromatic nitrogens is 2. The van der Waals surface area contributed by atoms with Crippen LogP contribution in [-0.4, -0.2) is 22.7 Å². The summed E-state index contributed by atoms with van der Waals surface area (Å²) in [5.41, 5.74) is 1.65. The van der Waals surface area contributed by atoms with Crippen LogP contribution in [0.2, 0.25) is 0 Å². The monoisotopic (exact) mass is 345 g/mol. The van der Waals surface area contributed by atoms with Crippen molar-refractivity contribution in [3.05, 3.63) is 39.7 Å². The van der Waals surface area contributed by atoms with E-state index in [1.807, 2.05) is 0 Å². The maximum atomic E-state index is 12.4. The van der Waals surface area contributed by atoms with Gasteiger partial charge in [0.25, 0.3) is 10.0 Å². The third-order valence-electron chi connectivity index (χ3n) is 2.70. The molecule has 3 heterocycles. The van der Waals surface area contributed by atoms with Crippen LogP contribution in [-0.2, 0) is 23.1 Å². The number of nitrogens with zero attached hydrogens (tertiary/aromatic N) is 3. The van der Waals surface area contributed by atoms with E-state index in [9.17, 15) is 8.42 Å². The molecular formula is C10H8BrN3O2S2. The Balaban J connectivity index is 1.95. The Morgan fingerprint density at radius 1 is 1.33 bits per heavy atom. The number of sulfonamides is 1. The summed E-state index contributed by atoms with van der Waals surface area (Å²) in [5.74, 6) is 0. The molecule has 0 bridgehead atoms. The van der Waals surface area contributed by atoms with Crippen LogP contribution in [0.25, 0.3) is 0 Å². The molecule has 0 aromatic carbocycles. The summed E-state index contributed by atoms with van der Waals surface area (Å²) in [4.78, 5) is 8.01. The fourth-order valence-electron chi connectivity index (χ4n) is 1.80. The molecule has 0 aliphatic carbocycles. The fraction of sp³-hybridized carbons (Fsp3) is 0.200. The van der Waals surface area contributed by atoms with Crippen LogP contribution in [0.15, 0.2) is 32.7 Å². The lowest BCUT2D eigenvalue weighted by Gasteiger charge is -2.13. The fourth-order valence-corrected chi connectivity index (χ4v) is 5.35. The molecule has 0 spiro atoms. The van der Waals surface area contributed by atoms with E-state index >= 15 is 0 Å². The Bertz CT molecular complexity index is 674. The Hall–Kier alpha value is -0.830. The van der Waals surface area contributed by atoms with Crippen molar-refractivity contribution >= 4 is 37.3 Å². The first-order valence-electron chi connectivity index (χ1n) is 5.10. The van der Waals surface area contributed by atoms with Gasteiger partial charge in [-0.25, -0.2) is 18.4 Å². The highest BCUT2D eigenvalue weighted by molar-refractivity contribution is 9.11. The highest BCUT2D eigenvalue weighted by Gasteiger charge is 2.32. The third-order valence-corrected chi connectivity index (χ3v) is 6.58. The van der Waals surface area contributed by atoms with E-state index in [1.54, 1.807) is 18.3 Å². The summed E-state index contributed by atoms with van der Waals surface area (Å²) >= 11 is 4.49. The van der Waals surface area contributed by atoms with Crippen molar-refractivity contribution in [1.82, 2.24) is 14.3 Å². The minimum Gasteiger partial charge on any atom is -0.244 e. The average molecular weight is 346 g/mol. The van der Waals surface area contributed by atoms with Gasteiger partial charge in [-0.2, -0.15) is 4.31 Å². The van der Waals surface area contributed by atoms with Crippen molar-refractivity contribution in [3.8, 4) is 0 Å². The van der Waals surface area contributed by atoms with Gasteiger partial charge in [-0.15, -0.1) is 11.3 Å². The Morgan fingerprint density at radius 2 is 2.17 bits per heavy atom. The highest BCUT2D eigenvalue weighted by Crippen LogP contribution is 2.32. The first-order valence-corrected chi connectivity index (χ1v) is 8.15. The van der Waals surface area contributed by atoms with Crippen LogP contribution in [0, 0.1) is 0 Å². The van der Waals surface area contributed by atoms with Gasteiger partial charge in [-0.3, -0.25) is 0 Å². The van der Waals surface area contributed by atoms with Crippen LogP contribution in [0.3, 0.4) is 0 Å². The summed E-state index contributed by atoms with van der Waals surface area (Å²) in [7, 11) is -3.43. The second-order valence-corrected chi connectivity index (χ2v) is 8.45. The molecular weight excluding hydrogens is 338 g/mol. The van der Waals surface area contributed by atoms with Crippen LogP contribution < -0.4 is 0 Å². The molecule has 0 N–H and O–H groups in total. The smallest absolute Gasteiger partial charge is 0.244 e. The van der Waals surface area contributed by atoms with E-state index in [1.165, 1.54) is 22.0 Å². The lowest BCUT2D eigenvalue weighted by Crippen LogP contribution is -2.24. The normalized spacial score (nSPS) is 15.8. The zero-order valence-electron chi connectivity index (χ0n) is 9.08.